The van der Waals surface area contributed by atoms with Gasteiger partial charge in [-0.3, -0.25) is 4.79 Å². The van der Waals surface area contributed by atoms with Crippen molar-refractivity contribution in [1.29, 1.82) is 0 Å². The predicted molar refractivity (Wildman–Crippen MR) is 79.7 cm³/mol. The van der Waals surface area contributed by atoms with Gasteiger partial charge in [0, 0.05) is 16.7 Å². The molecule has 1 heterocycles. The maximum absolute atomic E-state index is 11.2. The average Bonchev–Trinajstić information content (AvgIpc) is 2.89. The van der Waals surface area contributed by atoms with E-state index in [1.54, 1.807) is 19.1 Å². The number of hydrogen-bond donors (Lipinski definition) is 0. The maximum Gasteiger partial charge on any atom is 0.315 e. The number of carbonyl (C=O) groups excluding carboxylic acids is 1. The first-order chi connectivity index (χ1) is 9.69. The Hall–Kier alpha value is -1.46. The van der Waals surface area contributed by atoms with Gasteiger partial charge in [-0.25, -0.2) is 0 Å². The molecule has 0 unspecified atom stereocenters. The van der Waals surface area contributed by atoms with Crippen molar-refractivity contribution >= 4 is 29.3 Å². The van der Waals surface area contributed by atoms with Gasteiger partial charge in [0.25, 0.3) is 0 Å². The predicted octanol–water partition coefficient (Wildman–Crippen LogP) is 3.79. The summed E-state index contributed by atoms with van der Waals surface area (Å²) in [6.07, 6.45) is 0. The zero-order valence-corrected chi connectivity index (χ0v) is 12.5. The molecule has 0 aliphatic carbocycles. The summed E-state index contributed by atoms with van der Waals surface area (Å²) in [7, 11) is 0. The lowest BCUT2D eigenvalue weighted by Gasteiger charge is -1.99. The quantitative estimate of drug-likeness (QED) is 0.760. The van der Waals surface area contributed by atoms with Crippen LogP contribution in [0.15, 0.2) is 34.9 Å². The van der Waals surface area contributed by atoms with Crippen LogP contribution < -0.4 is 0 Å². The van der Waals surface area contributed by atoms with Gasteiger partial charge >= 0.3 is 5.97 Å². The van der Waals surface area contributed by atoms with Crippen molar-refractivity contribution < 1.29 is 14.1 Å². The normalized spacial score (nSPS) is 10.5. The Bertz CT molecular complexity index is 568. The molecule has 2 rings (SSSR count). The zero-order chi connectivity index (χ0) is 14.4. The number of benzene rings is 1. The Labute approximate surface area is 126 Å². The summed E-state index contributed by atoms with van der Waals surface area (Å²) >= 11 is 7.27. The minimum Gasteiger partial charge on any atom is -0.465 e. The number of halogens is 1. The lowest BCUT2D eigenvalue weighted by atomic mass is 10.1. The second-order valence-corrected chi connectivity index (χ2v) is 5.41. The van der Waals surface area contributed by atoms with Crippen LogP contribution in [0.5, 0.6) is 0 Å². The molecular formula is C14H14ClNO3S. The van der Waals surface area contributed by atoms with E-state index in [0.717, 1.165) is 17.0 Å². The van der Waals surface area contributed by atoms with Crippen LogP contribution >= 0.6 is 23.4 Å². The van der Waals surface area contributed by atoms with Crippen molar-refractivity contribution in [2.45, 2.75) is 12.7 Å². The van der Waals surface area contributed by atoms with E-state index in [2.05, 4.69) is 5.16 Å². The number of hydrogen-bond acceptors (Lipinski definition) is 5. The summed E-state index contributed by atoms with van der Waals surface area (Å²) in [6, 6.07) is 9.24. The Morgan fingerprint density at radius 2 is 2.15 bits per heavy atom. The van der Waals surface area contributed by atoms with E-state index in [4.69, 9.17) is 20.9 Å². The third-order valence-electron chi connectivity index (χ3n) is 2.47. The first kappa shape index (κ1) is 14.9. The summed E-state index contributed by atoms with van der Waals surface area (Å²) in [5.74, 6) is 1.41. The van der Waals surface area contributed by atoms with E-state index in [1.165, 1.54) is 11.8 Å². The van der Waals surface area contributed by atoms with Gasteiger partial charge in [0.2, 0.25) is 0 Å². The number of esters is 1. The van der Waals surface area contributed by atoms with Gasteiger partial charge in [-0.15, -0.1) is 11.8 Å². The molecule has 0 atom stereocenters. The van der Waals surface area contributed by atoms with Gasteiger partial charge < -0.3 is 9.26 Å². The highest BCUT2D eigenvalue weighted by atomic mass is 35.5. The van der Waals surface area contributed by atoms with Crippen LogP contribution in [0.25, 0.3) is 11.3 Å². The summed E-state index contributed by atoms with van der Waals surface area (Å²) in [5, 5.41) is 4.69. The van der Waals surface area contributed by atoms with E-state index >= 15 is 0 Å². The van der Waals surface area contributed by atoms with Crippen molar-refractivity contribution in [3.8, 4) is 11.3 Å². The lowest BCUT2D eigenvalue weighted by Crippen LogP contribution is -2.06. The van der Waals surface area contributed by atoms with E-state index in [9.17, 15) is 4.79 Å². The molecule has 0 amide bonds. The van der Waals surface area contributed by atoms with Crippen molar-refractivity contribution in [3.63, 3.8) is 0 Å². The van der Waals surface area contributed by atoms with E-state index < -0.39 is 0 Å². The number of carbonyl (C=O) groups is 1. The van der Waals surface area contributed by atoms with Crippen LogP contribution in [0.3, 0.4) is 0 Å². The fourth-order valence-electron chi connectivity index (χ4n) is 1.58. The Kier molecular flexibility index (Phi) is 5.49. The Morgan fingerprint density at radius 3 is 2.85 bits per heavy atom. The monoisotopic (exact) mass is 311 g/mol. The molecule has 106 valence electrons. The van der Waals surface area contributed by atoms with Gasteiger partial charge in [0.05, 0.1) is 18.1 Å². The summed E-state index contributed by atoms with van der Waals surface area (Å²) in [4.78, 5) is 11.2. The molecule has 1 aromatic heterocycles. The molecule has 0 N–H and O–H groups in total. The van der Waals surface area contributed by atoms with E-state index in [-0.39, 0.29) is 5.97 Å². The molecule has 2 aromatic rings. The number of rotatable bonds is 6. The standard InChI is InChI=1S/C14H14ClNO3S/c1-2-18-14(17)9-20-8-12-7-13(16-19-12)10-3-5-11(15)6-4-10/h3-7H,2,8-9H2,1H3. The summed E-state index contributed by atoms with van der Waals surface area (Å²) in [5.41, 5.74) is 1.70. The second-order valence-electron chi connectivity index (χ2n) is 3.98. The molecule has 4 nitrogen and oxygen atoms in total. The molecule has 6 heteroatoms. The third-order valence-corrected chi connectivity index (χ3v) is 3.65. The molecule has 0 spiro atoms. The van der Waals surface area contributed by atoms with Crippen LogP contribution in [0.4, 0.5) is 0 Å². The first-order valence-corrected chi connectivity index (χ1v) is 7.67. The Morgan fingerprint density at radius 1 is 1.40 bits per heavy atom. The smallest absolute Gasteiger partial charge is 0.315 e. The number of aromatic nitrogens is 1. The molecular weight excluding hydrogens is 298 g/mol. The van der Waals surface area contributed by atoms with Crippen molar-refractivity contribution in [3.05, 3.63) is 41.1 Å². The molecule has 0 radical (unpaired) electrons. The second kappa shape index (κ2) is 7.36. The topological polar surface area (TPSA) is 52.3 Å². The Balaban J connectivity index is 1.89. The van der Waals surface area contributed by atoms with Crippen molar-refractivity contribution in [1.82, 2.24) is 5.16 Å². The molecule has 0 bridgehead atoms. The average molecular weight is 312 g/mol. The van der Waals surface area contributed by atoms with Gasteiger partial charge in [0.1, 0.15) is 11.5 Å². The molecule has 0 saturated heterocycles. The van der Waals surface area contributed by atoms with Crippen molar-refractivity contribution in [2.24, 2.45) is 0 Å². The molecule has 1 aromatic carbocycles. The van der Waals surface area contributed by atoms with Crippen LogP contribution in [0, 0.1) is 0 Å². The van der Waals surface area contributed by atoms with Crippen LogP contribution in [0.2, 0.25) is 5.02 Å². The number of nitrogens with zero attached hydrogens (tertiary/aromatic N) is 1. The third kappa shape index (κ3) is 4.28. The maximum atomic E-state index is 11.2. The van der Waals surface area contributed by atoms with Crippen molar-refractivity contribution in [2.75, 3.05) is 12.4 Å². The molecule has 20 heavy (non-hydrogen) atoms. The van der Waals surface area contributed by atoms with E-state index in [1.807, 2.05) is 18.2 Å². The zero-order valence-electron chi connectivity index (χ0n) is 11.0. The molecule has 0 saturated carbocycles. The van der Waals surface area contributed by atoms with Crippen LogP contribution in [0.1, 0.15) is 12.7 Å². The first-order valence-electron chi connectivity index (χ1n) is 6.14. The van der Waals surface area contributed by atoms with Crippen LogP contribution in [-0.2, 0) is 15.3 Å². The largest absolute Gasteiger partial charge is 0.465 e. The van der Waals surface area contributed by atoms with Crippen LogP contribution in [-0.4, -0.2) is 23.5 Å². The van der Waals surface area contributed by atoms with Gasteiger partial charge in [-0.2, -0.15) is 0 Å². The fraction of sp³-hybridized carbons (Fsp3) is 0.286. The molecule has 0 aliphatic rings. The molecule has 0 fully saturated rings. The lowest BCUT2D eigenvalue weighted by molar-refractivity contribution is -0.139. The highest BCUT2D eigenvalue weighted by Gasteiger charge is 2.08. The SMILES string of the molecule is CCOC(=O)CSCc1cc(-c2ccc(Cl)cc2)no1. The minimum absolute atomic E-state index is 0.213. The minimum atomic E-state index is -0.213. The fourth-order valence-corrected chi connectivity index (χ4v) is 2.39. The number of thioether (sulfide) groups is 1. The van der Waals surface area contributed by atoms with E-state index in [0.29, 0.717) is 23.1 Å². The summed E-state index contributed by atoms with van der Waals surface area (Å²) < 4.78 is 10.1. The van der Waals surface area contributed by atoms with Gasteiger partial charge in [-0.1, -0.05) is 28.9 Å². The number of ether oxygens (including phenoxy) is 1. The van der Waals surface area contributed by atoms with Gasteiger partial charge in [0.15, 0.2) is 0 Å². The highest BCUT2D eigenvalue weighted by Crippen LogP contribution is 2.23. The van der Waals surface area contributed by atoms with Gasteiger partial charge in [-0.05, 0) is 19.1 Å². The molecule has 0 aliphatic heterocycles. The summed E-state index contributed by atoms with van der Waals surface area (Å²) in [6.45, 7) is 2.19. The highest BCUT2D eigenvalue weighted by molar-refractivity contribution is 7.99.